The van der Waals surface area contributed by atoms with Gasteiger partial charge in [-0.3, -0.25) is 9.78 Å². The summed E-state index contributed by atoms with van der Waals surface area (Å²) in [6.07, 6.45) is 4.52. The van der Waals surface area contributed by atoms with Crippen molar-refractivity contribution < 1.29 is 19.0 Å². The molecule has 2 aromatic rings. The Morgan fingerprint density at radius 1 is 1.13 bits per heavy atom. The van der Waals surface area contributed by atoms with Crippen molar-refractivity contribution in [2.75, 3.05) is 21.3 Å². The number of hydrogen-bond donors (Lipinski definition) is 1. The summed E-state index contributed by atoms with van der Waals surface area (Å²) in [6, 6.07) is 6.71. The van der Waals surface area contributed by atoms with Gasteiger partial charge in [-0.25, -0.2) is 5.43 Å². The van der Waals surface area contributed by atoms with Gasteiger partial charge in [0.1, 0.15) is 5.75 Å². The van der Waals surface area contributed by atoms with Gasteiger partial charge in [0.25, 0.3) is 5.91 Å². The lowest BCUT2D eigenvalue weighted by molar-refractivity contribution is 0.0954. The molecular formula is C16H17N3O4. The third-order valence-corrected chi connectivity index (χ3v) is 3.03. The Balaban J connectivity index is 2.17. The Morgan fingerprint density at radius 3 is 2.43 bits per heavy atom. The summed E-state index contributed by atoms with van der Waals surface area (Å²) < 4.78 is 15.7. The van der Waals surface area contributed by atoms with Crippen LogP contribution in [0.5, 0.6) is 17.2 Å². The molecule has 1 heterocycles. The number of nitrogens with zero attached hydrogens (tertiary/aromatic N) is 2. The molecule has 120 valence electrons. The number of rotatable bonds is 6. The fourth-order valence-electron chi connectivity index (χ4n) is 1.88. The van der Waals surface area contributed by atoms with Crippen molar-refractivity contribution in [3.8, 4) is 17.2 Å². The molecule has 1 aromatic heterocycles. The lowest BCUT2D eigenvalue weighted by Crippen LogP contribution is -2.17. The molecular weight excluding hydrogens is 298 g/mol. The van der Waals surface area contributed by atoms with Crippen LogP contribution in [0.15, 0.2) is 41.8 Å². The Hall–Kier alpha value is -3.09. The van der Waals surface area contributed by atoms with E-state index in [0.717, 1.165) is 0 Å². The molecule has 0 aliphatic heterocycles. The van der Waals surface area contributed by atoms with Gasteiger partial charge in [0, 0.05) is 24.0 Å². The van der Waals surface area contributed by atoms with Crippen LogP contribution in [-0.4, -0.2) is 38.4 Å². The zero-order valence-corrected chi connectivity index (χ0v) is 13.1. The van der Waals surface area contributed by atoms with Crippen LogP contribution in [0.2, 0.25) is 0 Å². The molecule has 0 atom stereocenters. The predicted molar refractivity (Wildman–Crippen MR) is 85.4 cm³/mol. The van der Waals surface area contributed by atoms with E-state index in [2.05, 4.69) is 15.5 Å². The number of nitrogens with one attached hydrogen (secondary N) is 1. The van der Waals surface area contributed by atoms with Crippen LogP contribution >= 0.6 is 0 Å². The number of pyridine rings is 1. The van der Waals surface area contributed by atoms with E-state index in [9.17, 15) is 4.79 Å². The first-order chi connectivity index (χ1) is 11.2. The van der Waals surface area contributed by atoms with E-state index in [1.165, 1.54) is 26.6 Å². The maximum atomic E-state index is 11.9. The average Bonchev–Trinajstić information content (AvgIpc) is 2.61. The van der Waals surface area contributed by atoms with E-state index in [0.29, 0.717) is 28.4 Å². The van der Waals surface area contributed by atoms with Crippen molar-refractivity contribution in [1.29, 1.82) is 0 Å². The molecule has 0 bridgehead atoms. The van der Waals surface area contributed by atoms with Gasteiger partial charge in [-0.05, 0) is 18.2 Å². The molecule has 0 fully saturated rings. The molecule has 7 heteroatoms. The van der Waals surface area contributed by atoms with Crippen LogP contribution in [0.25, 0.3) is 0 Å². The highest BCUT2D eigenvalue weighted by atomic mass is 16.5. The molecule has 0 aliphatic carbocycles. The van der Waals surface area contributed by atoms with Crippen molar-refractivity contribution in [2.24, 2.45) is 5.10 Å². The number of carbonyl (C=O) groups is 1. The van der Waals surface area contributed by atoms with Crippen LogP contribution in [-0.2, 0) is 0 Å². The summed E-state index contributed by atoms with van der Waals surface area (Å²) in [7, 11) is 4.61. The largest absolute Gasteiger partial charge is 0.496 e. The zero-order chi connectivity index (χ0) is 16.7. The molecule has 1 aromatic carbocycles. The summed E-state index contributed by atoms with van der Waals surface area (Å²) in [4.78, 5) is 15.8. The maximum absolute atomic E-state index is 11.9. The van der Waals surface area contributed by atoms with Crippen LogP contribution < -0.4 is 19.6 Å². The van der Waals surface area contributed by atoms with Crippen molar-refractivity contribution in [1.82, 2.24) is 10.4 Å². The third-order valence-electron chi connectivity index (χ3n) is 3.03. The lowest BCUT2D eigenvalue weighted by atomic mass is 10.2. The first kappa shape index (κ1) is 16.3. The summed E-state index contributed by atoms with van der Waals surface area (Å²) in [6.45, 7) is 0. The van der Waals surface area contributed by atoms with E-state index < -0.39 is 0 Å². The van der Waals surface area contributed by atoms with Crippen LogP contribution in [0, 0.1) is 0 Å². The van der Waals surface area contributed by atoms with Gasteiger partial charge in [0.15, 0.2) is 11.5 Å². The van der Waals surface area contributed by atoms with Gasteiger partial charge in [-0.2, -0.15) is 5.10 Å². The van der Waals surface area contributed by atoms with Gasteiger partial charge in [-0.15, -0.1) is 0 Å². The fourth-order valence-corrected chi connectivity index (χ4v) is 1.88. The molecule has 2 rings (SSSR count). The number of hydrazone groups is 1. The number of ether oxygens (including phenoxy) is 3. The number of benzene rings is 1. The fraction of sp³-hybridized carbons (Fsp3) is 0.188. The molecule has 7 nitrogen and oxygen atoms in total. The van der Waals surface area contributed by atoms with Gasteiger partial charge < -0.3 is 14.2 Å². The SMILES string of the molecule is COc1cc(OC)c(OC)cc1/C=N\NC(=O)c1cccnc1. The molecule has 1 N–H and O–H groups in total. The van der Waals surface area contributed by atoms with Crippen LogP contribution in [0.3, 0.4) is 0 Å². The van der Waals surface area contributed by atoms with Crippen LogP contribution in [0.4, 0.5) is 0 Å². The van der Waals surface area contributed by atoms with Crippen molar-refractivity contribution in [2.45, 2.75) is 0 Å². The molecule has 0 aliphatic rings. The second-order valence-electron chi connectivity index (χ2n) is 4.39. The van der Waals surface area contributed by atoms with E-state index in [4.69, 9.17) is 14.2 Å². The Labute approximate surface area is 133 Å². The first-order valence-corrected chi connectivity index (χ1v) is 6.73. The minimum Gasteiger partial charge on any atom is -0.496 e. The normalized spacial score (nSPS) is 10.4. The third kappa shape index (κ3) is 3.97. The summed E-state index contributed by atoms with van der Waals surface area (Å²) in [5.74, 6) is 1.27. The molecule has 23 heavy (non-hydrogen) atoms. The Morgan fingerprint density at radius 2 is 1.83 bits per heavy atom. The van der Waals surface area contributed by atoms with Crippen molar-refractivity contribution in [3.63, 3.8) is 0 Å². The Kier molecular flexibility index (Phi) is 5.51. The van der Waals surface area contributed by atoms with Crippen LogP contribution in [0.1, 0.15) is 15.9 Å². The second-order valence-corrected chi connectivity index (χ2v) is 4.39. The molecule has 1 amide bonds. The van der Waals surface area contributed by atoms with Crippen molar-refractivity contribution in [3.05, 3.63) is 47.8 Å². The van der Waals surface area contributed by atoms with Gasteiger partial charge in [-0.1, -0.05) is 0 Å². The summed E-state index contributed by atoms with van der Waals surface area (Å²) in [5.41, 5.74) is 3.48. The summed E-state index contributed by atoms with van der Waals surface area (Å²) >= 11 is 0. The quantitative estimate of drug-likeness (QED) is 0.650. The number of hydrogen-bond acceptors (Lipinski definition) is 6. The topological polar surface area (TPSA) is 82.0 Å². The smallest absolute Gasteiger partial charge is 0.272 e. The zero-order valence-electron chi connectivity index (χ0n) is 13.1. The molecule has 0 unspecified atom stereocenters. The van der Waals surface area contributed by atoms with Gasteiger partial charge in [0.05, 0.1) is 33.1 Å². The summed E-state index contributed by atoms with van der Waals surface area (Å²) in [5, 5.41) is 3.93. The lowest BCUT2D eigenvalue weighted by Gasteiger charge is -2.11. The van der Waals surface area contributed by atoms with E-state index in [-0.39, 0.29) is 5.91 Å². The highest BCUT2D eigenvalue weighted by Gasteiger charge is 2.10. The van der Waals surface area contributed by atoms with E-state index >= 15 is 0 Å². The first-order valence-electron chi connectivity index (χ1n) is 6.73. The van der Waals surface area contributed by atoms with Gasteiger partial charge in [0.2, 0.25) is 0 Å². The molecule has 0 saturated heterocycles. The Bertz CT molecular complexity index is 702. The number of amides is 1. The minimum absolute atomic E-state index is 0.353. The molecule has 0 saturated carbocycles. The monoisotopic (exact) mass is 315 g/mol. The number of carbonyl (C=O) groups excluding carboxylic acids is 1. The van der Waals surface area contributed by atoms with E-state index in [1.54, 1.807) is 37.6 Å². The maximum Gasteiger partial charge on any atom is 0.272 e. The number of methoxy groups -OCH3 is 3. The second kappa shape index (κ2) is 7.79. The van der Waals surface area contributed by atoms with Crippen molar-refractivity contribution >= 4 is 12.1 Å². The minimum atomic E-state index is -0.353. The van der Waals surface area contributed by atoms with E-state index in [1.807, 2.05) is 0 Å². The standard InChI is InChI=1S/C16H17N3O4/c1-21-13-8-15(23-3)14(22-2)7-12(13)10-18-19-16(20)11-5-4-6-17-9-11/h4-10H,1-3H3,(H,19,20)/b18-10-. The predicted octanol–water partition coefficient (Wildman–Crippen LogP) is 1.87. The highest BCUT2D eigenvalue weighted by Crippen LogP contribution is 2.33. The number of aromatic nitrogens is 1. The highest BCUT2D eigenvalue weighted by molar-refractivity contribution is 5.94. The van der Waals surface area contributed by atoms with Gasteiger partial charge >= 0.3 is 0 Å². The molecule has 0 spiro atoms. The average molecular weight is 315 g/mol. The molecule has 0 radical (unpaired) electrons.